The van der Waals surface area contributed by atoms with E-state index in [1.807, 2.05) is 29.2 Å². The molecule has 0 aliphatic carbocycles. The molecule has 4 rings (SSSR count). The first-order chi connectivity index (χ1) is 11.3. The Morgan fingerprint density at radius 2 is 1.91 bits per heavy atom. The average Bonchev–Trinajstić information content (AvgIpc) is 3.18. The number of amides is 1. The van der Waals surface area contributed by atoms with Crippen molar-refractivity contribution in [1.29, 1.82) is 0 Å². The molecule has 1 saturated heterocycles. The summed E-state index contributed by atoms with van der Waals surface area (Å²) in [7, 11) is 0. The van der Waals surface area contributed by atoms with Crippen molar-refractivity contribution in [1.82, 2.24) is 24.7 Å². The number of rotatable bonds is 3. The molecule has 0 atom stereocenters. The number of nitrogens with zero attached hydrogens (tertiary/aromatic N) is 5. The van der Waals surface area contributed by atoms with Crippen molar-refractivity contribution < 1.29 is 4.79 Å². The summed E-state index contributed by atoms with van der Waals surface area (Å²) in [5, 5.41) is 13.1. The Kier molecular flexibility index (Phi) is 3.78. The van der Waals surface area contributed by atoms with Crippen LogP contribution in [0.2, 0.25) is 0 Å². The van der Waals surface area contributed by atoms with E-state index in [1.165, 1.54) is 17.8 Å². The number of benzene rings is 1. The molecule has 3 heterocycles. The molecule has 0 bridgehead atoms. The van der Waals surface area contributed by atoms with Gasteiger partial charge in [0, 0.05) is 18.7 Å². The van der Waals surface area contributed by atoms with Crippen molar-refractivity contribution in [3.8, 4) is 10.6 Å². The van der Waals surface area contributed by atoms with Crippen LogP contribution in [0.1, 0.15) is 24.8 Å². The van der Waals surface area contributed by atoms with Gasteiger partial charge in [-0.3, -0.25) is 4.79 Å². The summed E-state index contributed by atoms with van der Waals surface area (Å²) in [4.78, 5) is 15.1. The quantitative estimate of drug-likeness (QED) is 0.741. The number of likely N-dealkylation sites (tertiary alicyclic amines) is 1. The SMILES string of the molecule is O=C(Cc1ccc(-c2nn3cnnc3s2)cc1)N1CCCCC1. The fraction of sp³-hybridized carbons (Fsp3) is 0.375. The summed E-state index contributed by atoms with van der Waals surface area (Å²) in [6.45, 7) is 1.81. The van der Waals surface area contributed by atoms with Gasteiger partial charge in [-0.15, -0.1) is 10.2 Å². The second kappa shape index (κ2) is 6.08. The minimum atomic E-state index is 0.233. The molecule has 118 valence electrons. The third kappa shape index (κ3) is 2.96. The minimum Gasteiger partial charge on any atom is -0.342 e. The zero-order valence-corrected chi connectivity index (χ0v) is 13.5. The normalized spacial score (nSPS) is 15.2. The second-order valence-corrected chi connectivity index (χ2v) is 6.74. The van der Waals surface area contributed by atoms with Crippen LogP contribution in [-0.2, 0) is 11.2 Å². The van der Waals surface area contributed by atoms with Crippen LogP contribution in [0.3, 0.4) is 0 Å². The highest BCUT2D eigenvalue weighted by atomic mass is 32.1. The largest absolute Gasteiger partial charge is 0.342 e. The zero-order chi connectivity index (χ0) is 15.6. The molecule has 1 amide bonds. The van der Waals surface area contributed by atoms with Crippen molar-refractivity contribution in [2.75, 3.05) is 13.1 Å². The van der Waals surface area contributed by atoms with E-state index in [9.17, 15) is 4.79 Å². The van der Waals surface area contributed by atoms with E-state index in [-0.39, 0.29) is 5.91 Å². The number of piperidine rings is 1. The monoisotopic (exact) mass is 327 g/mol. The lowest BCUT2D eigenvalue weighted by Crippen LogP contribution is -2.36. The summed E-state index contributed by atoms with van der Waals surface area (Å²) in [6, 6.07) is 8.06. The van der Waals surface area contributed by atoms with Gasteiger partial charge in [0.2, 0.25) is 10.9 Å². The zero-order valence-electron chi connectivity index (χ0n) is 12.7. The van der Waals surface area contributed by atoms with E-state index in [2.05, 4.69) is 15.3 Å². The van der Waals surface area contributed by atoms with Crippen molar-refractivity contribution in [3.05, 3.63) is 36.2 Å². The van der Waals surface area contributed by atoms with Crippen molar-refractivity contribution in [2.45, 2.75) is 25.7 Å². The van der Waals surface area contributed by atoms with Crippen molar-refractivity contribution in [2.24, 2.45) is 0 Å². The lowest BCUT2D eigenvalue weighted by atomic mass is 10.1. The van der Waals surface area contributed by atoms with Gasteiger partial charge < -0.3 is 4.90 Å². The smallest absolute Gasteiger partial charge is 0.234 e. The van der Waals surface area contributed by atoms with Crippen LogP contribution in [0.5, 0.6) is 0 Å². The number of hydrogen-bond donors (Lipinski definition) is 0. The highest BCUT2D eigenvalue weighted by molar-refractivity contribution is 7.19. The van der Waals surface area contributed by atoms with Gasteiger partial charge in [0.25, 0.3) is 0 Å². The molecule has 0 unspecified atom stereocenters. The Morgan fingerprint density at radius 3 is 2.65 bits per heavy atom. The number of aromatic nitrogens is 4. The maximum absolute atomic E-state index is 12.3. The van der Waals surface area contributed by atoms with Gasteiger partial charge in [-0.1, -0.05) is 35.6 Å². The number of carbonyl (C=O) groups excluding carboxylic acids is 1. The first-order valence-electron chi connectivity index (χ1n) is 7.83. The molecule has 0 saturated carbocycles. The lowest BCUT2D eigenvalue weighted by molar-refractivity contribution is -0.131. The standard InChI is InChI=1S/C16H17N5OS/c22-14(20-8-2-1-3-9-20)10-12-4-6-13(7-5-12)15-19-21-11-17-18-16(21)23-15/h4-7,11H,1-3,8-10H2. The Hall–Kier alpha value is -2.28. The van der Waals surface area contributed by atoms with Gasteiger partial charge >= 0.3 is 0 Å². The predicted octanol–water partition coefficient (Wildman–Crippen LogP) is 2.41. The van der Waals surface area contributed by atoms with Crippen LogP contribution in [-0.4, -0.2) is 43.7 Å². The third-order valence-corrected chi connectivity index (χ3v) is 5.11. The van der Waals surface area contributed by atoms with Gasteiger partial charge in [0.05, 0.1) is 6.42 Å². The van der Waals surface area contributed by atoms with E-state index in [4.69, 9.17) is 0 Å². The molecule has 1 aliphatic heterocycles. The second-order valence-electron chi connectivity index (χ2n) is 5.78. The summed E-state index contributed by atoms with van der Waals surface area (Å²) in [6.07, 6.45) is 5.58. The van der Waals surface area contributed by atoms with Crippen LogP contribution in [0.15, 0.2) is 30.6 Å². The van der Waals surface area contributed by atoms with Crippen molar-refractivity contribution >= 4 is 22.2 Å². The van der Waals surface area contributed by atoms with Gasteiger partial charge in [0.15, 0.2) is 0 Å². The molecule has 0 spiro atoms. The van der Waals surface area contributed by atoms with Gasteiger partial charge in [-0.2, -0.15) is 9.61 Å². The first-order valence-corrected chi connectivity index (χ1v) is 8.65. The summed E-state index contributed by atoms with van der Waals surface area (Å²) < 4.78 is 1.67. The number of fused-ring (bicyclic) bond motifs is 1. The topological polar surface area (TPSA) is 63.4 Å². The molecule has 0 N–H and O–H groups in total. The molecule has 1 aromatic carbocycles. The third-order valence-electron chi connectivity index (χ3n) is 4.15. The van der Waals surface area contributed by atoms with E-state index in [0.717, 1.165) is 47.0 Å². The van der Waals surface area contributed by atoms with E-state index in [1.54, 1.807) is 10.8 Å². The Morgan fingerprint density at radius 1 is 1.13 bits per heavy atom. The molecule has 0 radical (unpaired) electrons. The lowest BCUT2D eigenvalue weighted by Gasteiger charge is -2.26. The van der Waals surface area contributed by atoms with Crippen molar-refractivity contribution in [3.63, 3.8) is 0 Å². The predicted molar refractivity (Wildman–Crippen MR) is 88.2 cm³/mol. The molecule has 3 aromatic rings. The van der Waals surface area contributed by atoms with Gasteiger partial charge in [-0.05, 0) is 24.8 Å². The van der Waals surface area contributed by atoms with Crippen LogP contribution in [0, 0.1) is 0 Å². The van der Waals surface area contributed by atoms with E-state index >= 15 is 0 Å². The van der Waals surface area contributed by atoms with E-state index in [0.29, 0.717) is 6.42 Å². The minimum absolute atomic E-state index is 0.233. The summed E-state index contributed by atoms with van der Waals surface area (Å²) >= 11 is 1.50. The molecular weight excluding hydrogens is 310 g/mol. The maximum Gasteiger partial charge on any atom is 0.234 e. The average molecular weight is 327 g/mol. The highest BCUT2D eigenvalue weighted by Gasteiger charge is 2.16. The van der Waals surface area contributed by atoms with E-state index < -0.39 is 0 Å². The molecule has 6 nitrogen and oxygen atoms in total. The summed E-state index contributed by atoms with van der Waals surface area (Å²) in [5.74, 6) is 0.233. The van der Waals surface area contributed by atoms with Crippen LogP contribution in [0.25, 0.3) is 15.5 Å². The molecular formula is C16H17N5OS. The van der Waals surface area contributed by atoms with Gasteiger partial charge in [-0.25, -0.2) is 0 Å². The van der Waals surface area contributed by atoms with Crippen LogP contribution < -0.4 is 0 Å². The Balaban J connectivity index is 1.47. The first kappa shape index (κ1) is 14.3. The van der Waals surface area contributed by atoms with Crippen LogP contribution in [0.4, 0.5) is 0 Å². The number of carbonyl (C=O) groups is 1. The molecule has 23 heavy (non-hydrogen) atoms. The molecule has 2 aromatic heterocycles. The fourth-order valence-electron chi connectivity index (χ4n) is 2.87. The van der Waals surface area contributed by atoms with Gasteiger partial charge in [0.1, 0.15) is 11.3 Å². The molecule has 1 aliphatic rings. The molecule has 1 fully saturated rings. The van der Waals surface area contributed by atoms with Crippen LogP contribution >= 0.6 is 11.3 Å². The maximum atomic E-state index is 12.3. The summed E-state index contributed by atoms with van der Waals surface area (Å²) in [5.41, 5.74) is 2.09. The Bertz CT molecular complexity index is 788. The molecule has 7 heteroatoms. The number of hydrogen-bond acceptors (Lipinski definition) is 5. The highest BCUT2D eigenvalue weighted by Crippen LogP contribution is 2.25. The fourth-order valence-corrected chi connectivity index (χ4v) is 3.70. The Labute approximate surface area is 137 Å².